The summed E-state index contributed by atoms with van der Waals surface area (Å²) in [5.41, 5.74) is 1.69. The van der Waals surface area contributed by atoms with Crippen LogP contribution in [0.25, 0.3) is 0 Å². The molecule has 0 saturated heterocycles. The van der Waals surface area contributed by atoms with Gasteiger partial charge >= 0.3 is 0 Å². The van der Waals surface area contributed by atoms with Crippen molar-refractivity contribution < 1.29 is 13.6 Å². The molecule has 17 heavy (non-hydrogen) atoms. The van der Waals surface area contributed by atoms with Crippen LogP contribution in [-0.4, -0.2) is 11.7 Å². The molecule has 1 saturated carbocycles. The van der Waals surface area contributed by atoms with E-state index in [0.29, 0.717) is 18.4 Å². The number of halogens is 2. The predicted molar refractivity (Wildman–Crippen MR) is 62.6 cm³/mol. The van der Waals surface area contributed by atoms with Crippen LogP contribution < -0.4 is 0 Å². The zero-order valence-corrected chi connectivity index (χ0v) is 9.88. The SMILES string of the molecule is CC(=O)c1cccc(C2CCC(F)(F)CC2)c1. The van der Waals surface area contributed by atoms with Gasteiger partial charge in [0.2, 0.25) is 5.92 Å². The lowest BCUT2D eigenvalue weighted by atomic mass is 9.82. The monoisotopic (exact) mass is 238 g/mol. The minimum Gasteiger partial charge on any atom is -0.295 e. The van der Waals surface area contributed by atoms with Gasteiger partial charge in [0.05, 0.1) is 0 Å². The van der Waals surface area contributed by atoms with Gasteiger partial charge in [-0.1, -0.05) is 18.2 Å². The van der Waals surface area contributed by atoms with Crippen molar-refractivity contribution in [1.82, 2.24) is 0 Å². The Labute approximate surface area is 99.8 Å². The lowest BCUT2D eigenvalue weighted by Gasteiger charge is -2.28. The highest BCUT2D eigenvalue weighted by Gasteiger charge is 2.35. The fourth-order valence-electron chi connectivity index (χ4n) is 2.39. The molecule has 0 radical (unpaired) electrons. The zero-order valence-electron chi connectivity index (χ0n) is 9.88. The van der Waals surface area contributed by atoms with Gasteiger partial charge in [0.15, 0.2) is 5.78 Å². The van der Waals surface area contributed by atoms with Gasteiger partial charge in [0.25, 0.3) is 0 Å². The van der Waals surface area contributed by atoms with Crippen molar-refractivity contribution in [2.45, 2.75) is 44.4 Å². The Morgan fingerprint density at radius 3 is 2.53 bits per heavy atom. The van der Waals surface area contributed by atoms with Gasteiger partial charge in [-0.05, 0) is 37.3 Å². The van der Waals surface area contributed by atoms with Gasteiger partial charge in [0.1, 0.15) is 0 Å². The zero-order chi connectivity index (χ0) is 12.5. The largest absolute Gasteiger partial charge is 0.295 e. The summed E-state index contributed by atoms with van der Waals surface area (Å²) < 4.78 is 26.1. The molecule has 1 aromatic rings. The molecule has 0 amide bonds. The van der Waals surface area contributed by atoms with Crippen molar-refractivity contribution in [2.75, 3.05) is 0 Å². The molecule has 1 nitrogen and oxygen atoms in total. The van der Waals surface area contributed by atoms with E-state index in [4.69, 9.17) is 0 Å². The second-order valence-corrected chi connectivity index (χ2v) is 4.81. The molecule has 0 spiro atoms. The standard InChI is InChI=1S/C14H16F2O/c1-10(17)12-3-2-4-13(9-12)11-5-7-14(15,16)8-6-11/h2-4,9,11H,5-8H2,1H3. The molecular formula is C14H16F2O. The predicted octanol–water partition coefficient (Wildman–Crippen LogP) is 4.18. The van der Waals surface area contributed by atoms with Crippen LogP contribution in [0.5, 0.6) is 0 Å². The van der Waals surface area contributed by atoms with Crippen molar-refractivity contribution >= 4 is 5.78 Å². The topological polar surface area (TPSA) is 17.1 Å². The number of benzene rings is 1. The van der Waals surface area contributed by atoms with Crippen LogP contribution in [0.2, 0.25) is 0 Å². The van der Waals surface area contributed by atoms with E-state index in [1.54, 1.807) is 6.07 Å². The average Bonchev–Trinajstić information content (AvgIpc) is 2.29. The Balaban J connectivity index is 2.13. The molecule has 0 atom stereocenters. The molecule has 1 aliphatic carbocycles. The number of hydrogen-bond donors (Lipinski definition) is 0. The third kappa shape index (κ3) is 2.90. The first-order chi connectivity index (χ1) is 7.98. The van der Waals surface area contributed by atoms with Crippen molar-refractivity contribution in [1.29, 1.82) is 0 Å². The van der Waals surface area contributed by atoms with Crippen molar-refractivity contribution in [2.24, 2.45) is 0 Å². The van der Waals surface area contributed by atoms with Crippen LogP contribution in [0.3, 0.4) is 0 Å². The Morgan fingerprint density at radius 1 is 1.29 bits per heavy atom. The van der Waals surface area contributed by atoms with Crippen LogP contribution in [0.15, 0.2) is 24.3 Å². The molecule has 0 aromatic heterocycles. The summed E-state index contributed by atoms with van der Waals surface area (Å²) in [6.45, 7) is 1.52. The number of carbonyl (C=O) groups excluding carboxylic acids is 1. The van der Waals surface area contributed by atoms with Crippen LogP contribution in [0.4, 0.5) is 8.78 Å². The molecule has 0 bridgehead atoms. The van der Waals surface area contributed by atoms with E-state index >= 15 is 0 Å². The van der Waals surface area contributed by atoms with Crippen LogP contribution >= 0.6 is 0 Å². The first kappa shape index (κ1) is 12.2. The lowest BCUT2D eigenvalue weighted by Crippen LogP contribution is -2.23. The smallest absolute Gasteiger partial charge is 0.248 e. The van der Waals surface area contributed by atoms with E-state index in [-0.39, 0.29) is 24.5 Å². The summed E-state index contributed by atoms with van der Waals surface area (Å²) in [5.74, 6) is -2.30. The summed E-state index contributed by atoms with van der Waals surface area (Å²) in [5, 5.41) is 0. The summed E-state index contributed by atoms with van der Waals surface area (Å²) >= 11 is 0. The van der Waals surface area contributed by atoms with E-state index in [9.17, 15) is 13.6 Å². The maximum Gasteiger partial charge on any atom is 0.248 e. The number of alkyl halides is 2. The highest BCUT2D eigenvalue weighted by Crippen LogP contribution is 2.40. The van der Waals surface area contributed by atoms with Gasteiger partial charge < -0.3 is 0 Å². The normalized spacial score (nSPS) is 20.2. The maximum absolute atomic E-state index is 13.0. The fourth-order valence-corrected chi connectivity index (χ4v) is 2.39. The van der Waals surface area contributed by atoms with Crippen LogP contribution in [-0.2, 0) is 0 Å². The van der Waals surface area contributed by atoms with Gasteiger partial charge in [-0.2, -0.15) is 0 Å². The average molecular weight is 238 g/mol. The third-order valence-electron chi connectivity index (χ3n) is 3.48. The molecule has 1 fully saturated rings. The number of ketones is 1. The summed E-state index contributed by atoms with van der Waals surface area (Å²) in [6.07, 6.45) is 0.937. The third-order valence-corrected chi connectivity index (χ3v) is 3.48. The maximum atomic E-state index is 13.0. The molecule has 0 unspecified atom stereocenters. The molecule has 0 heterocycles. The second-order valence-electron chi connectivity index (χ2n) is 4.81. The van der Waals surface area contributed by atoms with Gasteiger partial charge in [0, 0.05) is 18.4 Å². The molecule has 3 heteroatoms. The highest BCUT2D eigenvalue weighted by atomic mass is 19.3. The molecule has 1 aromatic carbocycles. The van der Waals surface area contributed by atoms with E-state index < -0.39 is 5.92 Å². The van der Waals surface area contributed by atoms with E-state index in [1.807, 2.05) is 18.2 Å². The van der Waals surface area contributed by atoms with Gasteiger partial charge in [-0.25, -0.2) is 8.78 Å². The van der Waals surface area contributed by atoms with Crippen LogP contribution in [0.1, 0.15) is 54.4 Å². The van der Waals surface area contributed by atoms with Gasteiger partial charge in [-0.3, -0.25) is 4.79 Å². The quantitative estimate of drug-likeness (QED) is 0.706. The molecule has 92 valence electrons. The van der Waals surface area contributed by atoms with E-state index in [1.165, 1.54) is 6.92 Å². The molecule has 1 aliphatic rings. The molecular weight excluding hydrogens is 222 g/mol. The molecule has 0 N–H and O–H groups in total. The van der Waals surface area contributed by atoms with Crippen molar-refractivity contribution in [3.05, 3.63) is 35.4 Å². The summed E-state index contributed by atoms with van der Waals surface area (Å²) in [7, 11) is 0. The lowest BCUT2D eigenvalue weighted by molar-refractivity contribution is -0.0382. The molecule has 0 aliphatic heterocycles. The van der Waals surface area contributed by atoms with Crippen molar-refractivity contribution in [3.8, 4) is 0 Å². The Hall–Kier alpha value is -1.25. The first-order valence-electron chi connectivity index (χ1n) is 5.97. The summed E-state index contributed by atoms with van der Waals surface area (Å²) in [4.78, 5) is 11.3. The number of rotatable bonds is 2. The number of carbonyl (C=O) groups is 1. The Bertz CT molecular complexity index is 416. The highest BCUT2D eigenvalue weighted by molar-refractivity contribution is 5.94. The van der Waals surface area contributed by atoms with Crippen molar-refractivity contribution in [3.63, 3.8) is 0 Å². The van der Waals surface area contributed by atoms with Gasteiger partial charge in [-0.15, -0.1) is 0 Å². The minimum atomic E-state index is -2.49. The number of Topliss-reactive ketones (excluding diaryl/α,β-unsaturated/α-hetero) is 1. The van der Waals surface area contributed by atoms with Crippen LogP contribution in [0, 0.1) is 0 Å². The Morgan fingerprint density at radius 2 is 1.94 bits per heavy atom. The number of hydrogen-bond acceptors (Lipinski definition) is 1. The first-order valence-corrected chi connectivity index (χ1v) is 5.97. The van der Waals surface area contributed by atoms with E-state index in [2.05, 4.69) is 0 Å². The molecule has 2 rings (SSSR count). The fraction of sp³-hybridized carbons (Fsp3) is 0.500. The van der Waals surface area contributed by atoms with E-state index in [0.717, 1.165) is 5.56 Å². The summed E-state index contributed by atoms with van der Waals surface area (Å²) in [6, 6.07) is 7.37. The Kier molecular flexibility index (Phi) is 3.27. The second kappa shape index (κ2) is 4.55. The minimum absolute atomic E-state index is 0.0213.